The van der Waals surface area contributed by atoms with Crippen LogP contribution in [0.2, 0.25) is 0 Å². The Kier molecular flexibility index (Phi) is 6.65. The summed E-state index contributed by atoms with van der Waals surface area (Å²) in [6.45, 7) is 10.3. The number of rotatable bonds is 7. The van der Waals surface area contributed by atoms with Crippen LogP contribution in [0.5, 0.6) is 0 Å². The van der Waals surface area contributed by atoms with E-state index < -0.39 is 5.60 Å². The first kappa shape index (κ1) is 15.4. The maximum atomic E-state index is 11.8. The summed E-state index contributed by atoms with van der Waals surface area (Å²) in [4.78, 5) is 11.8. The smallest absolute Gasteiger partial charge is 0.223 e. The molecule has 0 spiro atoms. The molecular weight excluding hydrogens is 202 g/mol. The predicted molar refractivity (Wildman–Crippen MR) is 67.2 cm³/mol. The number of carbonyl (C=O) groups is 1. The summed E-state index contributed by atoms with van der Waals surface area (Å²) < 4.78 is 0. The van der Waals surface area contributed by atoms with Gasteiger partial charge in [-0.25, -0.2) is 0 Å². The highest BCUT2D eigenvalue weighted by Crippen LogP contribution is 2.16. The van der Waals surface area contributed by atoms with E-state index in [1.807, 2.05) is 20.8 Å². The molecule has 0 aliphatic rings. The Morgan fingerprint density at radius 1 is 1.25 bits per heavy atom. The second kappa shape index (κ2) is 6.89. The average molecular weight is 229 g/mol. The van der Waals surface area contributed by atoms with Gasteiger partial charge in [0.05, 0.1) is 5.60 Å². The maximum Gasteiger partial charge on any atom is 0.223 e. The highest BCUT2D eigenvalue weighted by Gasteiger charge is 2.25. The van der Waals surface area contributed by atoms with Gasteiger partial charge >= 0.3 is 0 Å². The standard InChI is InChI=1S/C13H27NO2/c1-6-10(4)11(5)12(15)14-9-13(16,7-2)8-3/h10-11,16H,6-9H2,1-5H3,(H,14,15). The van der Waals surface area contributed by atoms with Crippen LogP contribution < -0.4 is 5.32 Å². The van der Waals surface area contributed by atoms with Gasteiger partial charge in [-0.1, -0.05) is 41.0 Å². The fraction of sp³-hybridized carbons (Fsp3) is 0.923. The molecule has 0 aliphatic carbocycles. The Labute approximate surface area is 99.6 Å². The van der Waals surface area contributed by atoms with E-state index in [2.05, 4.69) is 19.2 Å². The third-order valence-corrected chi connectivity index (χ3v) is 3.82. The van der Waals surface area contributed by atoms with Gasteiger partial charge < -0.3 is 10.4 Å². The molecule has 16 heavy (non-hydrogen) atoms. The minimum Gasteiger partial charge on any atom is -0.388 e. The number of nitrogens with one attached hydrogen (secondary N) is 1. The molecule has 0 saturated carbocycles. The van der Waals surface area contributed by atoms with E-state index in [1.165, 1.54) is 0 Å². The predicted octanol–water partition coefficient (Wildman–Crippen LogP) is 2.34. The maximum absolute atomic E-state index is 11.8. The van der Waals surface area contributed by atoms with Crippen molar-refractivity contribution in [3.8, 4) is 0 Å². The molecule has 0 aliphatic heterocycles. The lowest BCUT2D eigenvalue weighted by Gasteiger charge is -2.27. The summed E-state index contributed by atoms with van der Waals surface area (Å²) in [5.74, 6) is 0.453. The molecule has 2 atom stereocenters. The zero-order valence-electron chi connectivity index (χ0n) is 11.3. The first-order valence-electron chi connectivity index (χ1n) is 6.40. The van der Waals surface area contributed by atoms with Gasteiger partial charge in [-0.15, -0.1) is 0 Å². The van der Waals surface area contributed by atoms with Crippen LogP contribution in [0.1, 0.15) is 53.9 Å². The largest absolute Gasteiger partial charge is 0.388 e. The van der Waals surface area contributed by atoms with E-state index >= 15 is 0 Å². The quantitative estimate of drug-likeness (QED) is 0.704. The van der Waals surface area contributed by atoms with Crippen LogP contribution in [0.15, 0.2) is 0 Å². The van der Waals surface area contributed by atoms with Gasteiger partial charge in [-0.2, -0.15) is 0 Å². The van der Waals surface area contributed by atoms with Gasteiger partial charge in [0.25, 0.3) is 0 Å². The number of carbonyl (C=O) groups excluding carboxylic acids is 1. The van der Waals surface area contributed by atoms with Gasteiger partial charge in [-0.05, 0) is 18.8 Å². The molecule has 0 fully saturated rings. The van der Waals surface area contributed by atoms with Gasteiger partial charge in [0.1, 0.15) is 0 Å². The number of hydrogen-bond acceptors (Lipinski definition) is 2. The molecule has 0 bridgehead atoms. The Balaban J connectivity index is 4.16. The lowest BCUT2D eigenvalue weighted by molar-refractivity contribution is -0.127. The van der Waals surface area contributed by atoms with Crippen molar-refractivity contribution >= 4 is 5.91 Å². The van der Waals surface area contributed by atoms with Crippen molar-refractivity contribution in [1.29, 1.82) is 0 Å². The minimum atomic E-state index is -0.745. The van der Waals surface area contributed by atoms with Crippen molar-refractivity contribution in [1.82, 2.24) is 5.32 Å². The Hall–Kier alpha value is -0.570. The zero-order valence-corrected chi connectivity index (χ0v) is 11.3. The Bertz CT molecular complexity index is 212. The molecule has 1 amide bonds. The molecule has 0 rings (SSSR count). The van der Waals surface area contributed by atoms with E-state index in [0.717, 1.165) is 6.42 Å². The SMILES string of the molecule is CCC(C)C(C)C(=O)NCC(O)(CC)CC. The van der Waals surface area contributed by atoms with Crippen LogP contribution in [0.4, 0.5) is 0 Å². The number of amides is 1. The number of hydrogen-bond donors (Lipinski definition) is 2. The van der Waals surface area contributed by atoms with E-state index in [-0.39, 0.29) is 11.8 Å². The summed E-state index contributed by atoms with van der Waals surface area (Å²) in [6.07, 6.45) is 2.34. The molecule has 2 N–H and O–H groups in total. The highest BCUT2D eigenvalue weighted by atomic mass is 16.3. The highest BCUT2D eigenvalue weighted by molar-refractivity contribution is 5.78. The fourth-order valence-corrected chi connectivity index (χ4v) is 1.52. The second-order valence-electron chi connectivity index (χ2n) is 4.82. The van der Waals surface area contributed by atoms with E-state index in [1.54, 1.807) is 0 Å². The summed E-state index contributed by atoms with van der Waals surface area (Å²) in [7, 11) is 0. The van der Waals surface area contributed by atoms with Crippen LogP contribution in [0, 0.1) is 11.8 Å². The fourth-order valence-electron chi connectivity index (χ4n) is 1.52. The lowest BCUT2D eigenvalue weighted by atomic mass is 9.92. The monoisotopic (exact) mass is 229 g/mol. The van der Waals surface area contributed by atoms with Crippen molar-refractivity contribution in [3.05, 3.63) is 0 Å². The first-order chi connectivity index (χ1) is 7.40. The van der Waals surface area contributed by atoms with Crippen molar-refractivity contribution in [3.63, 3.8) is 0 Å². The summed E-state index contributed by atoms with van der Waals surface area (Å²) in [6, 6.07) is 0. The molecule has 3 nitrogen and oxygen atoms in total. The third-order valence-electron chi connectivity index (χ3n) is 3.82. The summed E-state index contributed by atoms with van der Waals surface area (Å²) in [5, 5.41) is 12.9. The second-order valence-corrected chi connectivity index (χ2v) is 4.82. The molecule has 0 aromatic heterocycles. The molecule has 0 aromatic carbocycles. The van der Waals surface area contributed by atoms with Gasteiger partial charge in [0.15, 0.2) is 0 Å². The van der Waals surface area contributed by atoms with Crippen molar-refractivity contribution < 1.29 is 9.90 Å². The van der Waals surface area contributed by atoms with Crippen molar-refractivity contribution in [2.24, 2.45) is 11.8 Å². The summed E-state index contributed by atoms with van der Waals surface area (Å²) in [5.41, 5.74) is -0.745. The molecule has 3 heteroatoms. The van der Waals surface area contributed by atoms with E-state index in [0.29, 0.717) is 25.3 Å². The summed E-state index contributed by atoms with van der Waals surface area (Å²) >= 11 is 0. The lowest BCUT2D eigenvalue weighted by Crippen LogP contribution is -2.44. The third kappa shape index (κ3) is 4.52. The Morgan fingerprint density at radius 2 is 1.75 bits per heavy atom. The van der Waals surface area contributed by atoms with Crippen LogP contribution in [0.3, 0.4) is 0 Å². The van der Waals surface area contributed by atoms with Gasteiger partial charge in [0.2, 0.25) is 5.91 Å². The van der Waals surface area contributed by atoms with E-state index in [4.69, 9.17) is 0 Å². The molecule has 0 heterocycles. The van der Waals surface area contributed by atoms with E-state index in [9.17, 15) is 9.90 Å². The minimum absolute atomic E-state index is 0.0166. The molecule has 0 saturated heterocycles. The molecule has 96 valence electrons. The molecule has 0 radical (unpaired) electrons. The Morgan fingerprint density at radius 3 is 2.12 bits per heavy atom. The normalized spacial score (nSPS) is 15.6. The van der Waals surface area contributed by atoms with Gasteiger partial charge in [-0.3, -0.25) is 4.79 Å². The van der Waals surface area contributed by atoms with Gasteiger partial charge in [0, 0.05) is 12.5 Å². The van der Waals surface area contributed by atoms with Crippen LogP contribution in [-0.4, -0.2) is 23.2 Å². The zero-order chi connectivity index (χ0) is 12.8. The number of aliphatic hydroxyl groups is 1. The van der Waals surface area contributed by atoms with Crippen LogP contribution in [-0.2, 0) is 4.79 Å². The molecule has 0 aromatic rings. The topological polar surface area (TPSA) is 49.3 Å². The van der Waals surface area contributed by atoms with Crippen LogP contribution in [0.25, 0.3) is 0 Å². The van der Waals surface area contributed by atoms with Crippen molar-refractivity contribution in [2.75, 3.05) is 6.54 Å². The molecular formula is C13H27NO2. The van der Waals surface area contributed by atoms with Crippen molar-refractivity contribution in [2.45, 2.75) is 59.5 Å². The molecule has 2 unspecified atom stereocenters. The first-order valence-corrected chi connectivity index (χ1v) is 6.40. The van der Waals surface area contributed by atoms with Crippen LogP contribution >= 0.6 is 0 Å². The average Bonchev–Trinajstić information content (AvgIpc) is 2.33.